The molecule has 1 heterocycles. The van der Waals surface area contributed by atoms with Gasteiger partial charge in [-0.25, -0.2) is 0 Å². The molecule has 13 aromatic rings. The molecule has 0 saturated carbocycles. The lowest BCUT2D eigenvalue weighted by Crippen LogP contribution is -2.26. The average Bonchev–Trinajstić information content (AvgIpc) is 4.05. The van der Waals surface area contributed by atoms with Crippen LogP contribution in [0.2, 0.25) is 0 Å². The Kier molecular flexibility index (Phi) is 8.28. The molecule has 1 aromatic heterocycles. The van der Waals surface area contributed by atoms with E-state index in [1.807, 2.05) is 0 Å². The van der Waals surface area contributed by atoms with E-state index in [4.69, 9.17) is 4.42 Å². The van der Waals surface area contributed by atoms with Crippen molar-refractivity contribution in [3.63, 3.8) is 0 Å². The summed E-state index contributed by atoms with van der Waals surface area (Å²) in [6.45, 7) is 0. The van der Waals surface area contributed by atoms with E-state index in [9.17, 15) is 0 Å². The molecule has 1 atom stereocenters. The van der Waals surface area contributed by atoms with E-state index < -0.39 is 5.41 Å². The first-order chi connectivity index (χ1) is 34.7. The van der Waals surface area contributed by atoms with Crippen molar-refractivity contribution in [1.29, 1.82) is 0 Å². The van der Waals surface area contributed by atoms with Crippen molar-refractivity contribution in [2.45, 2.75) is 5.41 Å². The molecule has 0 radical (unpaired) electrons. The summed E-state index contributed by atoms with van der Waals surface area (Å²) in [5.41, 5.74) is 15.4. The molecular weight excluding hydrogens is 849 g/mol. The quantitative estimate of drug-likeness (QED) is 0.155. The van der Waals surface area contributed by atoms with Gasteiger partial charge in [-0.15, -0.1) is 0 Å². The predicted molar refractivity (Wildman–Crippen MR) is 292 cm³/mol. The number of nitrogens with zero attached hydrogens (tertiary/aromatic N) is 2. The Labute approximate surface area is 405 Å². The molecule has 326 valence electrons. The van der Waals surface area contributed by atoms with Gasteiger partial charge in [0, 0.05) is 50.0 Å². The molecule has 0 N–H and O–H groups in total. The first kappa shape index (κ1) is 38.9. The van der Waals surface area contributed by atoms with Crippen molar-refractivity contribution in [3.8, 4) is 22.5 Å². The van der Waals surface area contributed by atoms with Gasteiger partial charge in [0.05, 0.1) is 16.8 Å². The third-order valence-corrected chi connectivity index (χ3v) is 15.2. The van der Waals surface area contributed by atoms with Crippen LogP contribution in [0.25, 0.3) is 76.5 Å². The molecule has 2 aliphatic carbocycles. The Morgan fingerprint density at radius 3 is 1.30 bits per heavy atom. The summed E-state index contributed by atoms with van der Waals surface area (Å²) >= 11 is 0. The average molecular weight is 891 g/mol. The summed E-state index contributed by atoms with van der Waals surface area (Å²) in [5, 5.41) is 10.9. The highest BCUT2D eigenvalue weighted by Crippen LogP contribution is 2.66. The number of benzene rings is 12. The molecule has 2 aliphatic rings. The highest BCUT2D eigenvalue weighted by atomic mass is 16.3. The van der Waals surface area contributed by atoms with Gasteiger partial charge in [-0.1, -0.05) is 188 Å². The molecule has 0 amide bonds. The van der Waals surface area contributed by atoms with Crippen molar-refractivity contribution in [2.75, 3.05) is 9.80 Å². The van der Waals surface area contributed by atoms with Crippen molar-refractivity contribution < 1.29 is 4.42 Å². The fourth-order valence-electron chi connectivity index (χ4n) is 12.3. The number of anilines is 6. The molecule has 1 spiro atoms. The van der Waals surface area contributed by atoms with Gasteiger partial charge >= 0.3 is 0 Å². The third kappa shape index (κ3) is 5.40. The fourth-order valence-corrected chi connectivity index (χ4v) is 12.3. The van der Waals surface area contributed by atoms with Crippen molar-refractivity contribution in [2.24, 2.45) is 0 Å². The Bertz CT molecular complexity index is 4270. The van der Waals surface area contributed by atoms with E-state index in [1.165, 1.54) is 76.5 Å². The second-order valence-corrected chi connectivity index (χ2v) is 18.7. The van der Waals surface area contributed by atoms with Crippen LogP contribution in [0.4, 0.5) is 34.1 Å². The molecule has 1 unspecified atom stereocenters. The lowest BCUT2D eigenvalue weighted by molar-refractivity contribution is 0.628. The normalized spacial score (nSPS) is 14.3. The number of fused-ring (bicyclic) bond motifs is 18. The van der Waals surface area contributed by atoms with Gasteiger partial charge < -0.3 is 14.2 Å². The van der Waals surface area contributed by atoms with Gasteiger partial charge in [0.2, 0.25) is 0 Å². The van der Waals surface area contributed by atoms with Gasteiger partial charge in [-0.05, 0) is 127 Å². The number of rotatable bonds is 6. The minimum Gasteiger partial charge on any atom is -0.456 e. The second-order valence-electron chi connectivity index (χ2n) is 18.7. The maximum absolute atomic E-state index is 7.15. The molecule has 0 aliphatic heterocycles. The van der Waals surface area contributed by atoms with Crippen LogP contribution >= 0.6 is 0 Å². The van der Waals surface area contributed by atoms with E-state index in [0.717, 1.165) is 56.4 Å². The van der Waals surface area contributed by atoms with Crippen molar-refractivity contribution >= 4 is 88.2 Å². The Morgan fingerprint density at radius 2 is 0.714 bits per heavy atom. The van der Waals surface area contributed by atoms with Crippen LogP contribution in [0.15, 0.2) is 259 Å². The fraction of sp³-hybridized carbons (Fsp3) is 0.0149. The SMILES string of the molecule is c1ccc(N(c2ccc3c(c2)-c2ccccc2C32c3ccc(N(c4ccccc4)c4cc5ccccc5c5ccccc45)cc3-c3oc4ccccc4c32)c2cc3ccccc3c3ccccc23)cc1. The minimum atomic E-state index is -0.638. The predicted octanol–water partition coefficient (Wildman–Crippen LogP) is 18.3. The highest BCUT2D eigenvalue weighted by Gasteiger charge is 2.54. The summed E-state index contributed by atoms with van der Waals surface area (Å²) in [4.78, 5) is 4.88. The highest BCUT2D eigenvalue weighted by molar-refractivity contribution is 6.16. The summed E-state index contributed by atoms with van der Waals surface area (Å²) in [6.07, 6.45) is 0. The lowest BCUT2D eigenvalue weighted by atomic mass is 9.70. The monoisotopic (exact) mass is 890 g/mol. The summed E-state index contributed by atoms with van der Waals surface area (Å²) in [7, 11) is 0. The van der Waals surface area contributed by atoms with Crippen LogP contribution in [0, 0.1) is 0 Å². The van der Waals surface area contributed by atoms with Gasteiger partial charge in [0.15, 0.2) is 0 Å². The second kappa shape index (κ2) is 14.9. The van der Waals surface area contributed by atoms with E-state index in [1.54, 1.807) is 0 Å². The molecule has 0 saturated heterocycles. The van der Waals surface area contributed by atoms with Gasteiger partial charge in [-0.2, -0.15) is 0 Å². The molecule has 0 bridgehead atoms. The van der Waals surface area contributed by atoms with Crippen LogP contribution in [-0.4, -0.2) is 0 Å². The largest absolute Gasteiger partial charge is 0.456 e. The van der Waals surface area contributed by atoms with Crippen LogP contribution in [0.1, 0.15) is 22.3 Å². The van der Waals surface area contributed by atoms with E-state index in [0.29, 0.717) is 0 Å². The summed E-state index contributed by atoms with van der Waals surface area (Å²) < 4.78 is 7.15. The first-order valence-corrected chi connectivity index (χ1v) is 24.2. The zero-order chi connectivity index (χ0) is 45.9. The molecular formula is C67H42N2O. The number of furan rings is 1. The molecule has 3 nitrogen and oxygen atoms in total. The standard InChI is InChI=1S/C67H42N2O/c1-3-21-45(22-4-1)68(62-39-43-19-7-9-25-49(43)51-27-11-13-30-54(51)62)47-35-37-60-57(41-47)53-29-15-17-33-59(53)67(60)61-38-36-48(42-58(61)66-65(67)56-32-16-18-34-64(56)70-66)69(46-23-5-2-6-24-46)63-40-44-20-8-10-26-50(44)52-28-12-14-31-55(52)63/h1-42H. The third-order valence-electron chi connectivity index (χ3n) is 15.2. The van der Waals surface area contributed by atoms with Gasteiger partial charge in [-0.3, -0.25) is 0 Å². The first-order valence-electron chi connectivity index (χ1n) is 24.2. The van der Waals surface area contributed by atoms with Crippen molar-refractivity contribution in [1.82, 2.24) is 0 Å². The minimum absolute atomic E-state index is 0.638. The number of hydrogen-bond acceptors (Lipinski definition) is 3. The Morgan fingerprint density at radius 1 is 0.286 bits per heavy atom. The summed E-state index contributed by atoms with van der Waals surface area (Å²) in [6, 6.07) is 93.5. The molecule has 70 heavy (non-hydrogen) atoms. The van der Waals surface area contributed by atoms with Gasteiger partial charge in [0.25, 0.3) is 0 Å². The van der Waals surface area contributed by atoms with E-state index in [-0.39, 0.29) is 0 Å². The Hall–Kier alpha value is -9.18. The number of hydrogen-bond donors (Lipinski definition) is 0. The zero-order valence-corrected chi connectivity index (χ0v) is 38.1. The maximum Gasteiger partial charge on any atom is 0.140 e. The smallest absolute Gasteiger partial charge is 0.140 e. The van der Waals surface area contributed by atoms with Gasteiger partial charge in [0.1, 0.15) is 11.3 Å². The number of para-hydroxylation sites is 3. The van der Waals surface area contributed by atoms with Crippen LogP contribution in [-0.2, 0) is 5.41 Å². The Balaban J connectivity index is 0.983. The summed E-state index contributed by atoms with van der Waals surface area (Å²) in [5.74, 6) is 0.926. The van der Waals surface area contributed by atoms with Crippen LogP contribution < -0.4 is 9.80 Å². The molecule has 12 aromatic carbocycles. The molecule has 0 fully saturated rings. The van der Waals surface area contributed by atoms with E-state index >= 15 is 0 Å². The van der Waals surface area contributed by atoms with Crippen LogP contribution in [0.5, 0.6) is 0 Å². The maximum atomic E-state index is 7.15. The zero-order valence-electron chi connectivity index (χ0n) is 38.1. The topological polar surface area (TPSA) is 19.6 Å². The lowest BCUT2D eigenvalue weighted by Gasteiger charge is -2.32. The van der Waals surface area contributed by atoms with E-state index in [2.05, 4.69) is 265 Å². The van der Waals surface area contributed by atoms with Crippen LogP contribution in [0.3, 0.4) is 0 Å². The molecule has 3 heteroatoms. The molecule has 15 rings (SSSR count). The van der Waals surface area contributed by atoms with Crippen molar-refractivity contribution in [3.05, 3.63) is 277 Å².